The van der Waals surface area contributed by atoms with E-state index in [9.17, 15) is 9.59 Å². The van der Waals surface area contributed by atoms with Gasteiger partial charge in [-0.05, 0) is 62.3 Å². The van der Waals surface area contributed by atoms with Gasteiger partial charge in [-0.3, -0.25) is 14.3 Å². The van der Waals surface area contributed by atoms with Crippen LogP contribution in [-0.2, 0) is 9.26 Å². The van der Waals surface area contributed by atoms with Crippen LogP contribution in [0.5, 0.6) is 0 Å². The van der Waals surface area contributed by atoms with Gasteiger partial charge in [-0.2, -0.15) is 0 Å². The lowest BCUT2D eigenvalue weighted by molar-refractivity contribution is -0.0432. The SMILES string of the molecule is [2H]OC[C@H]1O[C@@H](n2cc(C)c(=O)[nH]c2=O)CC1OP(N(C(C)C)C(C)C)N(C(C)C)C(C)C. The van der Waals surface area contributed by atoms with Crippen molar-refractivity contribution in [1.82, 2.24) is 18.9 Å². The Morgan fingerprint density at radius 3 is 2.16 bits per heavy atom. The third-order valence-corrected chi connectivity index (χ3v) is 8.64. The van der Waals surface area contributed by atoms with Crippen LogP contribution >= 0.6 is 8.45 Å². The van der Waals surface area contributed by atoms with Crippen LogP contribution in [0.15, 0.2) is 15.8 Å². The van der Waals surface area contributed by atoms with E-state index in [1.165, 1.54) is 10.8 Å². The Balaban J connectivity index is 2.43. The van der Waals surface area contributed by atoms with Gasteiger partial charge in [0.2, 0.25) is 1.43 Å². The highest BCUT2D eigenvalue weighted by molar-refractivity contribution is 7.47. The highest BCUT2D eigenvalue weighted by Crippen LogP contribution is 2.53. The number of nitrogens with one attached hydrogen (secondary N) is 1. The van der Waals surface area contributed by atoms with Crippen molar-refractivity contribution >= 4 is 8.45 Å². The molecule has 1 saturated heterocycles. The van der Waals surface area contributed by atoms with E-state index in [1.54, 1.807) is 6.92 Å². The quantitative estimate of drug-likeness (QED) is 0.477. The molecule has 9 nitrogen and oxygen atoms in total. The maximum absolute atomic E-state index is 12.5. The van der Waals surface area contributed by atoms with Crippen molar-refractivity contribution in [3.8, 4) is 0 Å². The number of aromatic nitrogens is 2. The average molecular weight is 474 g/mol. The molecule has 0 spiro atoms. The minimum atomic E-state index is -1.18. The van der Waals surface area contributed by atoms with Crippen LogP contribution in [-0.4, -0.2) is 68.4 Å². The summed E-state index contributed by atoms with van der Waals surface area (Å²) >= 11 is 0. The average Bonchev–Trinajstić information content (AvgIpc) is 3.06. The molecular formula is C22H41N4O5P. The van der Waals surface area contributed by atoms with Crippen LogP contribution in [0.1, 0.15) is 73.6 Å². The fourth-order valence-electron chi connectivity index (χ4n) is 4.26. The highest BCUT2D eigenvalue weighted by atomic mass is 31.2. The maximum Gasteiger partial charge on any atom is 0.330 e. The molecule has 1 unspecified atom stereocenters. The van der Waals surface area contributed by atoms with Crippen molar-refractivity contribution in [2.45, 2.75) is 111 Å². The normalized spacial score (nSPS) is 22.5. The second-order valence-corrected chi connectivity index (χ2v) is 11.2. The van der Waals surface area contributed by atoms with Crippen LogP contribution in [0.25, 0.3) is 0 Å². The van der Waals surface area contributed by atoms with Gasteiger partial charge in [0.1, 0.15) is 12.3 Å². The summed E-state index contributed by atoms with van der Waals surface area (Å²) in [6.07, 6.45) is 0.406. The molecule has 0 bridgehead atoms. The van der Waals surface area contributed by atoms with E-state index in [-0.39, 0.29) is 36.9 Å². The number of ether oxygens (including phenoxy) is 1. The molecule has 32 heavy (non-hydrogen) atoms. The number of rotatable bonds is 11. The zero-order chi connectivity index (χ0) is 25.0. The van der Waals surface area contributed by atoms with Crippen LogP contribution < -0.4 is 11.2 Å². The lowest BCUT2D eigenvalue weighted by atomic mass is 10.2. The van der Waals surface area contributed by atoms with Crippen molar-refractivity contribution < 1.29 is 14.4 Å². The summed E-state index contributed by atoms with van der Waals surface area (Å²) in [6, 6.07) is 1.02. The van der Waals surface area contributed by atoms with Crippen molar-refractivity contribution in [2.24, 2.45) is 0 Å². The molecule has 2 rings (SSSR count). The van der Waals surface area contributed by atoms with Gasteiger partial charge in [0, 0.05) is 42.3 Å². The lowest BCUT2D eigenvalue weighted by Crippen LogP contribution is -2.44. The molecule has 1 aliphatic heterocycles. The third kappa shape index (κ3) is 6.07. The molecule has 1 fully saturated rings. The molecule has 0 aromatic carbocycles. The molecule has 2 heterocycles. The number of aryl methyl sites for hydroxylation is 1. The third-order valence-electron chi connectivity index (χ3n) is 5.54. The molecule has 1 aromatic rings. The number of hydrogen-bond acceptors (Lipinski definition) is 7. The predicted molar refractivity (Wildman–Crippen MR) is 128 cm³/mol. The summed E-state index contributed by atoms with van der Waals surface area (Å²) in [5, 5.41) is 4.69. The Hall–Kier alpha value is -1.09. The summed E-state index contributed by atoms with van der Waals surface area (Å²) in [5.41, 5.74) is -0.513. The minimum Gasteiger partial charge on any atom is -0.394 e. The first kappa shape index (κ1) is 25.5. The minimum absolute atomic E-state index is 0.0220. The first-order valence-corrected chi connectivity index (χ1v) is 12.6. The van der Waals surface area contributed by atoms with E-state index < -0.39 is 32.0 Å². The standard InChI is InChI=1S/C22H41N4O5P/c1-13(2)25(14(3)4)32(26(15(5)6)16(7)8)31-18-10-20(30-19(18)12-27)24-11-17(9)21(28)23-22(24)29/h11,13-16,18-20,27H,10,12H2,1-9H3,(H,23,28,29)/t18?,19-,20-/m1/s1/i27D. The van der Waals surface area contributed by atoms with Gasteiger partial charge in [0.05, 0.1) is 12.7 Å². The molecule has 2 N–H and O–H groups in total. The molecule has 0 radical (unpaired) electrons. The fourth-order valence-corrected chi connectivity index (χ4v) is 6.76. The van der Waals surface area contributed by atoms with E-state index in [0.29, 0.717) is 12.0 Å². The Labute approximate surface area is 194 Å². The molecule has 1 aliphatic rings. The molecule has 10 heteroatoms. The number of H-pyrrole nitrogens is 1. The van der Waals surface area contributed by atoms with Gasteiger partial charge < -0.3 is 14.4 Å². The van der Waals surface area contributed by atoms with E-state index in [4.69, 9.17) is 10.7 Å². The van der Waals surface area contributed by atoms with E-state index in [2.05, 4.69) is 74.8 Å². The van der Waals surface area contributed by atoms with Gasteiger partial charge in [0.25, 0.3) is 5.56 Å². The molecule has 0 saturated carbocycles. The van der Waals surface area contributed by atoms with E-state index in [0.717, 1.165) is 0 Å². The molecule has 0 aliphatic carbocycles. The van der Waals surface area contributed by atoms with Crippen molar-refractivity contribution in [3.05, 3.63) is 32.6 Å². The summed E-state index contributed by atoms with van der Waals surface area (Å²) in [4.78, 5) is 26.6. The second kappa shape index (κ2) is 11.4. The van der Waals surface area contributed by atoms with Gasteiger partial charge in [-0.15, -0.1) is 0 Å². The highest BCUT2D eigenvalue weighted by Gasteiger charge is 2.43. The Bertz CT molecular complexity index is 839. The fraction of sp³-hybridized carbons (Fsp3) is 0.818. The summed E-state index contributed by atoms with van der Waals surface area (Å²) < 4.78 is 26.4. The number of aliphatic hydroxyl groups excluding tert-OH is 1. The van der Waals surface area contributed by atoms with E-state index in [1.807, 2.05) is 0 Å². The van der Waals surface area contributed by atoms with Gasteiger partial charge in [-0.25, -0.2) is 14.1 Å². The van der Waals surface area contributed by atoms with Gasteiger partial charge in [0.15, 0.2) is 8.45 Å². The first-order valence-electron chi connectivity index (χ1n) is 11.9. The smallest absolute Gasteiger partial charge is 0.330 e. The molecule has 1 aromatic heterocycles. The van der Waals surface area contributed by atoms with Gasteiger partial charge in [-0.1, -0.05) is 0 Å². The Morgan fingerprint density at radius 1 is 1.16 bits per heavy atom. The largest absolute Gasteiger partial charge is 0.394 e. The number of aliphatic hydroxyl groups is 1. The zero-order valence-electron chi connectivity index (χ0n) is 21.9. The van der Waals surface area contributed by atoms with Crippen molar-refractivity contribution in [1.29, 1.82) is 1.43 Å². The van der Waals surface area contributed by atoms with Crippen molar-refractivity contribution in [2.75, 3.05) is 6.61 Å². The van der Waals surface area contributed by atoms with Gasteiger partial charge >= 0.3 is 5.69 Å². The summed E-state index contributed by atoms with van der Waals surface area (Å²) in [5.74, 6) is 0. The zero-order valence-corrected chi connectivity index (χ0v) is 21.8. The first-order chi connectivity index (χ1) is 15.4. The number of nitrogens with zero attached hydrogens (tertiary/aromatic N) is 3. The van der Waals surface area contributed by atoms with Crippen LogP contribution in [0, 0.1) is 6.92 Å². The summed E-state index contributed by atoms with van der Waals surface area (Å²) in [7, 11) is -1.18. The molecule has 184 valence electrons. The van der Waals surface area contributed by atoms with Crippen LogP contribution in [0.2, 0.25) is 0 Å². The van der Waals surface area contributed by atoms with Crippen LogP contribution in [0.3, 0.4) is 0 Å². The second-order valence-electron chi connectivity index (χ2n) is 9.54. The molecular weight excluding hydrogens is 431 g/mol. The topological polar surface area (TPSA) is 100 Å². The predicted octanol–water partition coefficient (Wildman–Crippen LogP) is 2.97. The Kier molecular flexibility index (Phi) is 9.06. The number of aromatic amines is 1. The molecule has 3 atom stereocenters. The monoisotopic (exact) mass is 473 g/mol. The number of hydrogen-bond donors (Lipinski definition) is 2. The van der Waals surface area contributed by atoms with Crippen molar-refractivity contribution in [3.63, 3.8) is 0 Å². The van der Waals surface area contributed by atoms with Crippen LogP contribution in [0.4, 0.5) is 0 Å². The maximum atomic E-state index is 12.5. The Morgan fingerprint density at radius 2 is 1.69 bits per heavy atom. The molecule has 0 amide bonds. The summed E-state index contributed by atoms with van der Waals surface area (Å²) in [6.45, 7) is 19.0. The van der Waals surface area contributed by atoms with E-state index >= 15 is 0 Å². The lowest BCUT2D eigenvalue weighted by Gasteiger charge is -2.46.